The van der Waals surface area contributed by atoms with Crippen molar-refractivity contribution in [3.05, 3.63) is 94.5 Å². The number of carbonyl (C=O) groups is 1. The summed E-state index contributed by atoms with van der Waals surface area (Å²) in [4.78, 5) is 13.0. The Morgan fingerprint density at radius 1 is 1.03 bits per heavy atom. The van der Waals surface area contributed by atoms with Crippen LogP contribution in [0.1, 0.15) is 40.4 Å². The molecule has 4 rings (SSSR count). The van der Waals surface area contributed by atoms with Crippen LogP contribution in [0.25, 0.3) is 0 Å². The van der Waals surface area contributed by atoms with E-state index >= 15 is 0 Å². The maximum Gasteiger partial charge on any atom is 0.264 e. The second-order valence-corrected chi connectivity index (χ2v) is 10.0. The predicted octanol–water partition coefficient (Wildman–Crippen LogP) is 4.97. The van der Waals surface area contributed by atoms with E-state index in [-0.39, 0.29) is 16.8 Å². The summed E-state index contributed by atoms with van der Waals surface area (Å²) in [7, 11) is -2.39. The Hall–Kier alpha value is -2.83. The van der Waals surface area contributed by atoms with Crippen molar-refractivity contribution in [1.82, 2.24) is 5.32 Å². The summed E-state index contributed by atoms with van der Waals surface area (Å²) in [5.41, 5.74) is 3.13. The molecule has 0 saturated heterocycles. The van der Waals surface area contributed by atoms with Crippen LogP contribution in [0.5, 0.6) is 0 Å². The molecule has 1 atom stereocenters. The van der Waals surface area contributed by atoms with Gasteiger partial charge in [-0.05, 0) is 66.8 Å². The van der Waals surface area contributed by atoms with Gasteiger partial charge in [-0.15, -0.1) is 0 Å². The third-order valence-electron chi connectivity index (χ3n) is 5.60. The number of nitrogens with zero attached hydrogens (tertiary/aromatic N) is 1. The molecular formula is C24H23ClN2O3S. The Labute approximate surface area is 187 Å². The Morgan fingerprint density at radius 3 is 2.61 bits per heavy atom. The van der Waals surface area contributed by atoms with Gasteiger partial charge >= 0.3 is 0 Å². The van der Waals surface area contributed by atoms with Gasteiger partial charge in [0.1, 0.15) is 0 Å². The molecule has 0 spiro atoms. The second-order valence-electron chi connectivity index (χ2n) is 7.60. The molecule has 0 aromatic heterocycles. The monoisotopic (exact) mass is 454 g/mol. The highest BCUT2D eigenvalue weighted by Crippen LogP contribution is 2.30. The Bertz CT molecular complexity index is 1230. The number of anilines is 1. The van der Waals surface area contributed by atoms with Crippen molar-refractivity contribution in [2.24, 2.45) is 0 Å². The molecule has 0 heterocycles. The van der Waals surface area contributed by atoms with Gasteiger partial charge in [0.15, 0.2) is 0 Å². The van der Waals surface area contributed by atoms with E-state index in [9.17, 15) is 13.2 Å². The Kier molecular flexibility index (Phi) is 6.03. The third-order valence-corrected chi connectivity index (χ3v) is 7.62. The molecule has 5 nitrogen and oxygen atoms in total. The maximum atomic E-state index is 13.1. The van der Waals surface area contributed by atoms with Crippen molar-refractivity contribution >= 4 is 33.2 Å². The first-order valence-corrected chi connectivity index (χ1v) is 11.9. The van der Waals surface area contributed by atoms with Crippen LogP contribution in [0.3, 0.4) is 0 Å². The molecule has 0 unspecified atom stereocenters. The van der Waals surface area contributed by atoms with Crippen LogP contribution in [0.2, 0.25) is 5.02 Å². The van der Waals surface area contributed by atoms with E-state index in [0.29, 0.717) is 16.3 Å². The lowest BCUT2D eigenvalue weighted by Crippen LogP contribution is -2.31. The molecule has 3 aromatic carbocycles. The van der Waals surface area contributed by atoms with Crippen LogP contribution in [-0.4, -0.2) is 21.4 Å². The molecule has 0 saturated carbocycles. The molecule has 0 fully saturated rings. The van der Waals surface area contributed by atoms with E-state index in [1.54, 1.807) is 36.4 Å². The lowest BCUT2D eigenvalue weighted by atomic mass is 9.87. The minimum atomic E-state index is -3.85. The van der Waals surface area contributed by atoms with Gasteiger partial charge in [-0.3, -0.25) is 9.10 Å². The van der Waals surface area contributed by atoms with Crippen LogP contribution in [-0.2, 0) is 16.4 Å². The molecule has 0 bridgehead atoms. The number of amides is 1. The summed E-state index contributed by atoms with van der Waals surface area (Å²) in [5.74, 6) is -0.288. The quantitative estimate of drug-likeness (QED) is 0.591. The number of halogens is 1. The molecule has 160 valence electrons. The molecule has 1 aliphatic rings. The molecular weight excluding hydrogens is 432 g/mol. The van der Waals surface area contributed by atoms with Crippen molar-refractivity contribution in [1.29, 1.82) is 0 Å². The fraction of sp³-hybridized carbons (Fsp3) is 0.208. The Balaban J connectivity index is 1.58. The topological polar surface area (TPSA) is 66.5 Å². The average molecular weight is 455 g/mol. The Morgan fingerprint density at radius 2 is 1.81 bits per heavy atom. The van der Waals surface area contributed by atoms with Crippen LogP contribution in [0.15, 0.2) is 77.7 Å². The summed E-state index contributed by atoms with van der Waals surface area (Å²) in [6, 6.07) is 20.8. The van der Waals surface area contributed by atoms with Gasteiger partial charge in [0.25, 0.3) is 15.9 Å². The zero-order valence-corrected chi connectivity index (χ0v) is 18.7. The summed E-state index contributed by atoms with van der Waals surface area (Å²) >= 11 is 6.01. The number of sulfonamides is 1. The van der Waals surface area contributed by atoms with Gasteiger partial charge < -0.3 is 5.32 Å². The number of fused-ring (bicyclic) bond motifs is 1. The highest BCUT2D eigenvalue weighted by Gasteiger charge is 2.25. The molecule has 3 aromatic rings. The lowest BCUT2D eigenvalue weighted by molar-refractivity contribution is 0.0932. The van der Waals surface area contributed by atoms with Gasteiger partial charge in [0.2, 0.25) is 0 Å². The molecule has 0 aliphatic heterocycles. The highest BCUT2D eigenvalue weighted by atomic mass is 35.5. The molecule has 0 radical (unpaired) electrons. The van der Waals surface area contributed by atoms with Crippen LogP contribution in [0, 0.1) is 0 Å². The standard InChI is InChI=1S/C24H23ClN2O3S/c1-27(20-11-6-10-19(25)16-20)31(29,30)21-12-4-9-18(15-21)24(28)26-23-14-5-8-17-7-2-3-13-22(17)23/h2-4,6-7,9-13,15-16,23H,5,8,14H2,1H3,(H,26,28)/t23-/m0/s1. The van der Waals surface area contributed by atoms with E-state index in [2.05, 4.69) is 11.4 Å². The zero-order chi connectivity index (χ0) is 22.0. The number of hydrogen-bond donors (Lipinski definition) is 1. The fourth-order valence-electron chi connectivity index (χ4n) is 3.91. The van der Waals surface area contributed by atoms with Gasteiger partial charge in [-0.2, -0.15) is 0 Å². The first kappa shape index (κ1) is 21.4. The van der Waals surface area contributed by atoms with Crippen LogP contribution >= 0.6 is 11.6 Å². The number of hydrogen-bond acceptors (Lipinski definition) is 3. The number of nitrogens with one attached hydrogen (secondary N) is 1. The van der Waals surface area contributed by atoms with Gasteiger partial charge in [-0.25, -0.2) is 8.42 Å². The summed E-state index contributed by atoms with van der Waals surface area (Å²) < 4.78 is 27.4. The molecule has 1 amide bonds. The van der Waals surface area contributed by atoms with E-state index in [1.165, 1.54) is 24.7 Å². The highest BCUT2D eigenvalue weighted by molar-refractivity contribution is 7.92. The zero-order valence-electron chi connectivity index (χ0n) is 17.1. The number of carbonyl (C=O) groups excluding carboxylic acids is 1. The number of benzene rings is 3. The molecule has 7 heteroatoms. The van der Waals surface area contributed by atoms with Crippen LogP contribution < -0.4 is 9.62 Å². The second kappa shape index (κ2) is 8.73. The van der Waals surface area contributed by atoms with E-state index in [1.807, 2.05) is 18.2 Å². The van der Waals surface area contributed by atoms with Crippen LogP contribution in [0.4, 0.5) is 5.69 Å². The summed E-state index contributed by atoms with van der Waals surface area (Å²) in [6.07, 6.45) is 2.87. The van der Waals surface area contributed by atoms with Crippen molar-refractivity contribution < 1.29 is 13.2 Å². The van der Waals surface area contributed by atoms with E-state index in [4.69, 9.17) is 11.6 Å². The summed E-state index contributed by atoms with van der Waals surface area (Å²) in [5, 5.41) is 3.52. The fourth-order valence-corrected chi connectivity index (χ4v) is 5.33. The largest absolute Gasteiger partial charge is 0.345 e. The molecule has 1 N–H and O–H groups in total. The number of aryl methyl sites for hydroxylation is 1. The van der Waals surface area contributed by atoms with E-state index < -0.39 is 10.0 Å². The SMILES string of the molecule is CN(c1cccc(Cl)c1)S(=O)(=O)c1cccc(C(=O)N[C@H]2CCCc3ccccc32)c1. The van der Waals surface area contributed by atoms with Crippen molar-refractivity contribution in [3.8, 4) is 0 Å². The van der Waals surface area contributed by atoms with Crippen molar-refractivity contribution in [2.45, 2.75) is 30.2 Å². The normalized spacial score (nSPS) is 15.7. The van der Waals surface area contributed by atoms with Crippen molar-refractivity contribution in [2.75, 3.05) is 11.4 Å². The third kappa shape index (κ3) is 4.45. The maximum absolute atomic E-state index is 13.1. The van der Waals surface area contributed by atoms with Gasteiger partial charge in [0, 0.05) is 17.6 Å². The molecule has 31 heavy (non-hydrogen) atoms. The lowest BCUT2D eigenvalue weighted by Gasteiger charge is -2.26. The predicted molar refractivity (Wildman–Crippen MR) is 123 cm³/mol. The summed E-state index contributed by atoms with van der Waals surface area (Å²) in [6.45, 7) is 0. The average Bonchev–Trinajstić information content (AvgIpc) is 2.79. The number of rotatable bonds is 5. The van der Waals surface area contributed by atoms with Gasteiger partial charge in [-0.1, -0.05) is 48.0 Å². The minimum Gasteiger partial charge on any atom is -0.345 e. The molecule has 1 aliphatic carbocycles. The first-order valence-electron chi connectivity index (χ1n) is 10.1. The minimum absolute atomic E-state index is 0.0478. The van der Waals surface area contributed by atoms with Gasteiger partial charge in [0.05, 0.1) is 16.6 Å². The van der Waals surface area contributed by atoms with Crippen molar-refractivity contribution in [3.63, 3.8) is 0 Å². The smallest absolute Gasteiger partial charge is 0.264 e. The van der Waals surface area contributed by atoms with E-state index in [0.717, 1.165) is 29.1 Å². The first-order chi connectivity index (χ1) is 14.9.